The topological polar surface area (TPSA) is 55.8 Å². The third-order valence-corrected chi connectivity index (χ3v) is 5.29. The number of imide groups is 1. The van der Waals surface area contributed by atoms with Crippen molar-refractivity contribution in [3.05, 3.63) is 24.3 Å². The first-order valence-electron chi connectivity index (χ1n) is 7.75. The lowest BCUT2D eigenvalue weighted by molar-refractivity contribution is -0.140. The van der Waals surface area contributed by atoms with Crippen LogP contribution in [0.25, 0.3) is 0 Å². The Morgan fingerprint density at radius 1 is 0.955 bits per heavy atom. The maximum atomic E-state index is 12.0. The molecule has 0 unspecified atom stereocenters. The largest absolute Gasteiger partial charge is 0.397 e. The van der Waals surface area contributed by atoms with E-state index in [9.17, 15) is 9.59 Å². The molecule has 0 heterocycles. The summed E-state index contributed by atoms with van der Waals surface area (Å²) in [7, 11) is -1.61. The Morgan fingerprint density at radius 3 is 1.77 bits per heavy atom. The molecule has 0 aliphatic heterocycles. The van der Waals surface area contributed by atoms with Crippen molar-refractivity contribution in [3.8, 4) is 0 Å². The van der Waals surface area contributed by atoms with Crippen molar-refractivity contribution in [1.29, 1.82) is 0 Å². The van der Waals surface area contributed by atoms with Gasteiger partial charge in [0, 0.05) is 30.9 Å². The van der Waals surface area contributed by atoms with Crippen molar-refractivity contribution in [2.24, 2.45) is 0 Å². The quantitative estimate of drug-likeness (QED) is 0.332. The van der Waals surface area contributed by atoms with E-state index in [0.29, 0.717) is 30.9 Å². The van der Waals surface area contributed by atoms with Crippen molar-refractivity contribution >= 4 is 21.1 Å². The fourth-order valence-electron chi connectivity index (χ4n) is 1.92. The lowest BCUT2D eigenvalue weighted by atomic mass is 10.2. The van der Waals surface area contributed by atoms with Crippen LogP contribution in [-0.2, 0) is 18.4 Å². The Balaban J connectivity index is 4.45. The molecule has 5 nitrogen and oxygen atoms in total. The number of amides is 2. The number of carbonyl (C=O) groups excluding carboxylic acids is 2. The first kappa shape index (κ1) is 20.8. The van der Waals surface area contributed by atoms with E-state index in [-0.39, 0.29) is 11.8 Å². The third kappa shape index (κ3) is 7.68. The van der Waals surface area contributed by atoms with Crippen LogP contribution in [0.15, 0.2) is 24.3 Å². The maximum Gasteiger partial charge on any atom is 0.321 e. The van der Waals surface area contributed by atoms with Gasteiger partial charge in [0.05, 0.1) is 0 Å². The lowest BCUT2D eigenvalue weighted by Crippen LogP contribution is -2.38. The van der Waals surface area contributed by atoms with Crippen LogP contribution in [-0.4, -0.2) is 45.8 Å². The molecule has 0 N–H and O–H groups in total. The van der Waals surface area contributed by atoms with Crippen LogP contribution in [0.4, 0.5) is 0 Å². The zero-order chi connectivity index (χ0) is 17.1. The minimum atomic E-state index is -1.61. The molecule has 0 atom stereocenters. The van der Waals surface area contributed by atoms with Gasteiger partial charge in [0.2, 0.25) is 0 Å². The van der Waals surface area contributed by atoms with Gasteiger partial charge in [-0.05, 0) is 46.6 Å². The highest BCUT2D eigenvalue weighted by Gasteiger charge is 2.22. The SMILES string of the molecule is C=C(C)C(=O)N(CCCC[SiH](OCC)OCC)C(=O)C(=C)C. The van der Waals surface area contributed by atoms with E-state index in [1.807, 2.05) is 13.8 Å². The van der Waals surface area contributed by atoms with Crippen LogP contribution in [0.3, 0.4) is 0 Å². The number of hydrogen-bond donors (Lipinski definition) is 0. The molecule has 0 spiro atoms. The smallest absolute Gasteiger partial charge is 0.321 e. The molecule has 0 rings (SSSR count). The summed E-state index contributed by atoms with van der Waals surface area (Å²) in [6.07, 6.45) is 1.59. The van der Waals surface area contributed by atoms with E-state index < -0.39 is 9.28 Å². The summed E-state index contributed by atoms with van der Waals surface area (Å²) in [6, 6.07) is 0.873. The van der Waals surface area contributed by atoms with Crippen molar-refractivity contribution in [2.45, 2.75) is 46.6 Å². The highest BCUT2D eigenvalue weighted by molar-refractivity contribution is 6.44. The molecule has 0 aliphatic carbocycles. The molecule has 0 fully saturated rings. The first-order chi connectivity index (χ1) is 10.3. The highest BCUT2D eigenvalue weighted by atomic mass is 28.3. The fourth-order valence-corrected chi connectivity index (χ4v) is 3.72. The van der Waals surface area contributed by atoms with Crippen LogP contribution < -0.4 is 0 Å². The Bertz CT molecular complexity index is 377. The number of nitrogens with zero attached hydrogens (tertiary/aromatic N) is 1. The zero-order valence-corrected chi connectivity index (χ0v) is 15.5. The molecule has 126 valence electrons. The molecule has 0 aromatic heterocycles. The average molecular weight is 327 g/mol. The van der Waals surface area contributed by atoms with E-state index in [4.69, 9.17) is 8.85 Å². The monoisotopic (exact) mass is 327 g/mol. The normalized spacial score (nSPS) is 10.6. The predicted molar refractivity (Wildman–Crippen MR) is 90.8 cm³/mol. The van der Waals surface area contributed by atoms with E-state index in [1.165, 1.54) is 4.90 Å². The van der Waals surface area contributed by atoms with Gasteiger partial charge < -0.3 is 8.85 Å². The van der Waals surface area contributed by atoms with Crippen LogP contribution >= 0.6 is 0 Å². The second-order valence-corrected chi connectivity index (χ2v) is 7.26. The Morgan fingerprint density at radius 2 is 1.41 bits per heavy atom. The molecule has 0 bridgehead atoms. The van der Waals surface area contributed by atoms with Crippen molar-refractivity contribution in [1.82, 2.24) is 4.90 Å². The van der Waals surface area contributed by atoms with Crippen LogP contribution in [0.2, 0.25) is 6.04 Å². The lowest BCUT2D eigenvalue weighted by Gasteiger charge is -2.21. The second-order valence-electron chi connectivity index (χ2n) is 5.16. The molecule has 0 aromatic carbocycles. The number of unbranched alkanes of at least 4 members (excludes halogenated alkanes) is 1. The molecule has 6 heteroatoms. The fraction of sp³-hybridized carbons (Fsp3) is 0.625. The van der Waals surface area contributed by atoms with Crippen LogP contribution in [0.5, 0.6) is 0 Å². The minimum absolute atomic E-state index is 0.337. The van der Waals surface area contributed by atoms with Gasteiger partial charge in [0.15, 0.2) is 0 Å². The van der Waals surface area contributed by atoms with Gasteiger partial charge >= 0.3 is 9.28 Å². The highest BCUT2D eigenvalue weighted by Crippen LogP contribution is 2.10. The van der Waals surface area contributed by atoms with Crippen molar-refractivity contribution in [2.75, 3.05) is 19.8 Å². The van der Waals surface area contributed by atoms with Gasteiger partial charge in [-0.25, -0.2) is 0 Å². The Kier molecular flexibility index (Phi) is 10.7. The van der Waals surface area contributed by atoms with Gasteiger partial charge in [0.25, 0.3) is 11.8 Å². The zero-order valence-electron chi connectivity index (χ0n) is 14.3. The van der Waals surface area contributed by atoms with Gasteiger partial charge in [-0.1, -0.05) is 13.2 Å². The Labute approximate surface area is 135 Å². The average Bonchev–Trinajstić information content (AvgIpc) is 2.46. The summed E-state index contributed by atoms with van der Waals surface area (Å²) in [6.45, 7) is 16.0. The van der Waals surface area contributed by atoms with Gasteiger partial charge in [-0.3, -0.25) is 14.5 Å². The summed E-state index contributed by atoms with van der Waals surface area (Å²) < 4.78 is 11.2. The first-order valence-corrected chi connectivity index (χ1v) is 9.51. The molecule has 0 saturated heterocycles. The third-order valence-electron chi connectivity index (χ3n) is 3.00. The summed E-state index contributed by atoms with van der Waals surface area (Å²) in [5.74, 6) is -0.673. The summed E-state index contributed by atoms with van der Waals surface area (Å²) in [4.78, 5) is 25.3. The van der Waals surface area contributed by atoms with Crippen molar-refractivity contribution in [3.63, 3.8) is 0 Å². The second kappa shape index (κ2) is 11.3. The minimum Gasteiger partial charge on any atom is -0.397 e. The number of rotatable bonds is 11. The van der Waals surface area contributed by atoms with E-state index in [1.54, 1.807) is 13.8 Å². The molecule has 2 amide bonds. The molecule has 22 heavy (non-hydrogen) atoms. The molecular formula is C16H29NO4Si. The van der Waals surface area contributed by atoms with Crippen molar-refractivity contribution < 1.29 is 18.4 Å². The maximum absolute atomic E-state index is 12.0. The van der Waals surface area contributed by atoms with Gasteiger partial charge in [-0.15, -0.1) is 0 Å². The molecule has 0 saturated carbocycles. The van der Waals surface area contributed by atoms with Crippen LogP contribution in [0, 0.1) is 0 Å². The Hall–Kier alpha value is -1.24. The molecular weight excluding hydrogens is 298 g/mol. The molecule has 0 radical (unpaired) electrons. The molecule has 0 aromatic rings. The standard InChI is InChI=1S/C16H29NO4Si/c1-7-20-22(21-8-2)12-10-9-11-17(15(18)13(3)4)16(19)14(5)6/h22H,3,5,7-12H2,1-2,4,6H3. The van der Waals surface area contributed by atoms with E-state index in [2.05, 4.69) is 13.2 Å². The number of carbonyl (C=O) groups is 2. The summed E-state index contributed by atoms with van der Waals surface area (Å²) >= 11 is 0. The molecule has 0 aliphatic rings. The van der Waals surface area contributed by atoms with Crippen LogP contribution in [0.1, 0.15) is 40.5 Å². The number of hydrogen-bond acceptors (Lipinski definition) is 4. The summed E-state index contributed by atoms with van der Waals surface area (Å²) in [5, 5.41) is 0. The van der Waals surface area contributed by atoms with Gasteiger partial charge in [-0.2, -0.15) is 0 Å². The van der Waals surface area contributed by atoms with Gasteiger partial charge in [0.1, 0.15) is 0 Å². The van der Waals surface area contributed by atoms with E-state index >= 15 is 0 Å². The van der Waals surface area contributed by atoms with E-state index in [0.717, 1.165) is 18.9 Å². The summed E-state index contributed by atoms with van der Waals surface area (Å²) in [5.41, 5.74) is 0.705. The predicted octanol–water partition coefficient (Wildman–Crippen LogP) is 2.57.